The van der Waals surface area contributed by atoms with Crippen LogP contribution in [-0.2, 0) is 4.74 Å². The molecule has 66 valence electrons. The minimum absolute atomic E-state index is 0.0200. The van der Waals surface area contributed by atoms with Crippen molar-refractivity contribution in [1.29, 1.82) is 0 Å². The summed E-state index contributed by atoms with van der Waals surface area (Å²) in [6.45, 7) is 1.88. The first-order chi connectivity index (χ1) is 5.65. The summed E-state index contributed by atoms with van der Waals surface area (Å²) in [5, 5.41) is 0. The molecule has 4 heteroatoms. The first-order valence-electron chi connectivity index (χ1n) is 3.58. The zero-order valence-electron chi connectivity index (χ0n) is 7.03. The first kappa shape index (κ1) is 9.22. The van der Waals surface area contributed by atoms with Crippen molar-refractivity contribution in [3.05, 3.63) is 21.9 Å². The van der Waals surface area contributed by atoms with Crippen molar-refractivity contribution in [3.8, 4) is 0 Å². The van der Waals surface area contributed by atoms with Gasteiger partial charge in [-0.3, -0.25) is 0 Å². The molecule has 0 aromatic carbocycles. The highest BCUT2D eigenvalue weighted by Gasteiger charge is 2.10. The molecule has 1 aromatic heterocycles. The standard InChI is InChI=1S/C8H11NO2S/c1-5(9)6-3-4-7(12-6)8(10)11-2/h3-5H,9H2,1-2H3/t5-/m0/s1. The number of esters is 1. The van der Waals surface area contributed by atoms with Crippen molar-refractivity contribution < 1.29 is 9.53 Å². The molecule has 0 spiro atoms. The maximum absolute atomic E-state index is 11.0. The Balaban J connectivity index is 2.84. The molecule has 1 atom stereocenters. The summed E-state index contributed by atoms with van der Waals surface area (Å²) in [5.41, 5.74) is 5.63. The van der Waals surface area contributed by atoms with Crippen LogP contribution in [0.4, 0.5) is 0 Å². The number of hydrogen-bond donors (Lipinski definition) is 1. The molecule has 12 heavy (non-hydrogen) atoms. The molecule has 0 amide bonds. The van der Waals surface area contributed by atoms with Crippen molar-refractivity contribution in [2.75, 3.05) is 7.11 Å². The van der Waals surface area contributed by atoms with Crippen molar-refractivity contribution in [2.45, 2.75) is 13.0 Å². The van der Waals surface area contributed by atoms with Gasteiger partial charge in [0.1, 0.15) is 4.88 Å². The van der Waals surface area contributed by atoms with Crippen molar-refractivity contribution in [2.24, 2.45) is 5.73 Å². The molecular weight excluding hydrogens is 174 g/mol. The van der Waals surface area contributed by atoms with E-state index in [1.165, 1.54) is 18.4 Å². The lowest BCUT2D eigenvalue weighted by molar-refractivity contribution is 0.0606. The predicted octanol–water partition coefficient (Wildman–Crippen LogP) is 1.55. The summed E-state index contributed by atoms with van der Waals surface area (Å²) in [7, 11) is 1.37. The van der Waals surface area contributed by atoms with Gasteiger partial charge in [0.2, 0.25) is 0 Å². The fraction of sp³-hybridized carbons (Fsp3) is 0.375. The van der Waals surface area contributed by atoms with Gasteiger partial charge in [-0.2, -0.15) is 0 Å². The number of nitrogens with two attached hydrogens (primary N) is 1. The normalized spacial score (nSPS) is 12.6. The van der Waals surface area contributed by atoms with E-state index in [0.29, 0.717) is 4.88 Å². The fourth-order valence-electron chi connectivity index (χ4n) is 0.808. The molecule has 1 heterocycles. The SMILES string of the molecule is COC(=O)c1ccc([C@H](C)N)s1. The van der Waals surface area contributed by atoms with Crippen LogP contribution >= 0.6 is 11.3 Å². The fourth-order valence-corrected chi connectivity index (χ4v) is 1.69. The van der Waals surface area contributed by atoms with E-state index in [1.54, 1.807) is 6.07 Å². The summed E-state index contributed by atoms with van der Waals surface area (Å²) in [6.07, 6.45) is 0. The predicted molar refractivity (Wildman–Crippen MR) is 48.3 cm³/mol. The van der Waals surface area contributed by atoms with Gasteiger partial charge in [0.05, 0.1) is 7.11 Å². The summed E-state index contributed by atoms with van der Waals surface area (Å²) in [6, 6.07) is 3.56. The van der Waals surface area contributed by atoms with E-state index in [1.807, 2.05) is 13.0 Å². The van der Waals surface area contributed by atoms with Crippen LogP contribution in [0, 0.1) is 0 Å². The molecule has 0 unspecified atom stereocenters. The van der Waals surface area contributed by atoms with Crippen molar-refractivity contribution in [3.63, 3.8) is 0 Å². The molecule has 0 aliphatic heterocycles. The molecule has 0 radical (unpaired) electrons. The monoisotopic (exact) mass is 185 g/mol. The van der Waals surface area contributed by atoms with Gasteiger partial charge < -0.3 is 10.5 Å². The topological polar surface area (TPSA) is 52.3 Å². The van der Waals surface area contributed by atoms with Gasteiger partial charge in [-0.25, -0.2) is 4.79 Å². The van der Waals surface area contributed by atoms with Crippen LogP contribution < -0.4 is 5.73 Å². The van der Waals surface area contributed by atoms with Gasteiger partial charge in [0.25, 0.3) is 0 Å². The minimum atomic E-state index is -0.299. The Morgan fingerprint density at radius 2 is 2.33 bits per heavy atom. The highest BCUT2D eigenvalue weighted by atomic mass is 32.1. The average Bonchev–Trinajstić information content (AvgIpc) is 2.51. The molecule has 2 N–H and O–H groups in total. The number of ether oxygens (including phenoxy) is 1. The van der Waals surface area contributed by atoms with E-state index >= 15 is 0 Å². The highest BCUT2D eigenvalue weighted by molar-refractivity contribution is 7.14. The molecule has 0 aliphatic rings. The van der Waals surface area contributed by atoms with E-state index in [0.717, 1.165) is 4.88 Å². The molecule has 0 saturated carbocycles. The average molecular weight is 185 g/mol. The Morgan fingerprint density at radius 1 is 1.67 bits per heavy atom. The lowest BCUT2D eigenvalue weighted by atomic mass is 10.3. The van der Waals surface area contributed by atoms with Gasteiger partial charge in [-0.05, 0) is 19.1 Å². The number of methoxy groups -OCH3 is 1. The Hall–Kier alpha value is -0.870. The highest BCUT2D eigenvalue weighted by Crippen LogP contribution is 2.21. The Bertz CT molecular complexity index is 280. The van der Waals surface area contributed by atoms with E-state index in [9.17, 15) is 4.79 Å². The second-order valence-electron chi connectivity index (χ2n) is 2.48. The number of rotatable bonds is 2. The zero-order chi connectivity index (χ0) is 9.14. The van der Waals surface area contributed by atoms with E-state index in [4.69, 9.17) is 5.73 Å². The van der Waals surface area contributed by atoms with Crippen LogP contribution in [0.15, 0.2) is 12.1 Å². The molecule has 1 aromatic rings. The van der Waals surface area contributed by atoms with Crippen LogP contribution in [-0.4, -0.2) is 13.1 Å². The maximum Gasteiger partial charge on any atom is 0.348 e. The summed E-state index contributed by atoms with van der Waals surface area (Å²) in [4.78, 5) is 12.6. The van der Waals surface area contributed by atoms with Gasteiger partial charge in [-0.1, -0.05) is 0 Å². The summed E-state index contributed by atoms with van der Waals surface area (Å²) < 4.78 is 4.56. The number of carbonyl (C=O) groups is 1. The lowest BCUT2D eigenvalue weighted by Gasteiger charge is -1.98. The molecule has 0 fully saturated rings. The Morgan fingerprint density at radius 3 is 2.75 bits per heavy atom. The molecule has 0 saturated heterocycles. The third-order valence-electron chi connectivity index (χ3n) is 1.46. The third kappa shape index (κ3) is 1.84. The van der Waals surface area contributed by atoms with E-state index in [2.05, 4.69) is 4.74 Å². The van der Waals surface area contributed by atoms with Crippen molar-refractivity contribution >= 4 is 17.3 Å². The third-order valence-corrected chi connectivity index (χ3v) is 2.73. The van der Waals surface area contributed by atoms with Gasteiger partial charge >= 0.3 is 5.97 Å². The quantitative estimate of drug-likeness (QED) is 0.711. The Kier molecular flexibility index (Phi) is 2.83. The van der Waals surface area contributed by atoms with Gasteiger partial charge in [0.15, 0.2) is 0 Å². The summed E-state index contributed by atoms with van der Waals surface area (Å²) >= 11 is 1.37. The minimum Gasteiger partial charge on any atom is -0.465 e. The lowest BCUT2D eigenvalue weighted by Crippen LogP contribution is -2.02. The van der Waals surface area contributed by atoms with Crippen LogP contribution in [0.1, 0.15) is 27.5 Å². The second-order valence-corrected chi connectivity index (χ2v) is 3.60. The zero-order valence-corrected chi connectivity index (χ0v) is 7.85. The molecule has 1 rings (SSSR count). The van der Waals surface area contributed by atoms with Crippen molar-refractivity contribution in [1.82, 2.24) is 0 Å². The van der Waals surface area contributed by atoms with Crippen LogP contribution in [0.25, 0.3) is 0 Å². The number of thiophene rings is 1. The molecule has 0 aliphatic carbocycles. The number of hydrogen-bond acceptors (Lipinski definition) is 4. The van der Waals surface area contributed by atoms with Crippen LogP contribution in [0.2, 0.25) is 0 Å². The largest absolute Gasteiger partial charge is 0.465 e. The van der Waals surface area contributed by atoms with E-state index < -0.39 is 0 Å². The van der Waals surface area contributed by atoms with Gasteiger partial charge in [0, 0.05) is 10.9 Å². The van der Waals surface area contributed by atoms with Crippen LogP contribution in [0.5, 0.6) is 0 Å². The molecule has 0 bridgehead atoms. The van der Waals surface area contributed by atoms with E-state index in [-0.39, 0.29) is 12.0 Å². The first-order valence-corrected chi connectivity index (χ1v) is 4.40. The smallest absolute Gasteiger partial charge is 0.348 e. The van der Waals surface area contributed by atoms with Crippen LogP contribution in [0.3, 0.4) is 0 Å². The maximum atomic E-state index is 11.0. The molecular formula is C8H11NO2S. The summed E-state index contributed by atoms with van der Waals surface area (Å²) in [5.74, 6) is -0.299. The molecule has 3 nitrogen and oxygen atoms in total. The van der Waals surface area contributed by atoms with Gasteiger partial charge in [-0.15, -0.1) is 11.3 Å². The number of carbonyl (C=O) groups excluding carboxylic acids is 1. The Labute approximate surface area is 75.1 Å². The second kappa shape index (κ2) is 3.69.